The minimum atomic E-state index is -4.95. The van der Waals surface area contributed by atoms with Crippen LogP contribution in [-0.2, 0) is 65.4 Å². The Labute approximate surface area is 549 Å². The molecule has 0 bridgehead atoms. The van der Waals surface area contributed by atoms with Gasteiger partial charge in [0.05, 0.1) is 26.4 Å². The maximum atomic E-state index is 13.0. The van der Waals surface area contributed by atoms with E-state index in [1.165, 1.54) is 148 Å². The molecule has 3 N–H and O–H groups in total. The Morgan fingerprint density at radius 2 is 0.533 bits per heavy atom. The van der Waals surface area contributed by atoms with Gasteiger partial charge in [-0.3, -0.25) is 37.3 Å². The second-order valence-corrected chi connectivity index (χ2v) is 30.0. The van der Waals surface area contributed by atoms with Crippen LogP contribution in [0.3, 0.4) is 0 Å². The molecule has 17 nitrogen and oxygen atoms in total. The highest BCUT2D eigenvalue weighted by molar-refractivity contribution is 7.47. The first kappa shape index (κ1) is 88.1. The van der Waals surface area contributed by atoms with E-state index in [2.05, 4.69) is 55.4 Å². The molecule has 0 aliphatic heterocycles. The molecule has 0 spiro atoms. The lowest BCUT2D eigenvalue weighted by Crippen LogP contribution is -2.30. The molecule has 0 saturated carbocycles. The quantitative estimate of drug-likeness (QED) is 0.0222. The number of rotatable bonds is 68. The molecule has 7 atom stereocenters. The molecule has 0 rings (SSSR count). The number of aliphatic hydroxyl groups excluding tert-OH is 1. The molecule has 534 valence electrons. The van der Waals surface area contributed by atoms with Gasteiger partial charge in [-0.25, -0.2) is 9.13 Å². The number of unbranched alkanes of at least 4 members (excludes halogenated alkanes) is 32. The van der Waals surface area contributed by atoms with Gasteiger partial charge in [-0.15, -0.1) is 0 Å². The van der Waals surface area contributed by atoms with Gasteiger partial charge in [-0.2, -0.15) is 0 Å². The van der Waals surface area contributed by atoms with Crippen LogP contribution in [0, 0.1) is 23.7 Å². The van der Waals surface area contributed by atoms with Crippen molar-refractivity contribution < 1.29 is 80.2 Å². The van der Waals surface area contributed by atoms with Crippen molar-refractivity contribution in [1.82, 2.24) is 0 Å². The van der Waals surface area contributed by atoms with Crippen molar-refractivity contribution in [2.24, 2.45) is 23.7 Å². The van der Waals surface area contributed by atoms with Crippen LogP contribution < -0.4 is 0 Å². The average molecular weight is 1330 g/mol. The summed E-state index contributed by atoms with van der Waals surface area (Å²) in [6.45, 7) is 14.1. The van der Waals surface area contributed by atoms with Gasteiger partial charge in [-0.05, 0) is 49.4 Å². The maximum absolute atomic E-state index is 13.0. The standard InChI is InChI=1S/C71H138O17P2/c1-9-63(7)49-41-33-25-18-15-16-20-28-38-46-54-71(76)88-67(58-82-69(74)52-44-36-30-29-34-42-50-64(8)10-2)60-86-90(79,80)84-56-65(72)55-83-89(77,78)85-59-66(57-81-68(73)51-43-35-26-22-21-24-32-40-48-62(5)6)87-70(75)53-45-37-27-19-14-12-11-13-17-23-31-39-47-61(3)4/h61-67,72H,9-60H2,1-8H3,(H,77,78)(H,79,80)/t63?,64?,65-,66-,67-/m1/s1. The Bertz CT molecular complexity index is 1790. The van der Waals surface area contributed by atoms with Crippen LogP contribution in [0.2, 0.25) is 0 Å². The third kappa shape index (κ3) is 62.2. The summed E-state index contributed by atoms with van der Waals surface area (Å²) < 4.78 is 68.3. The van der Waals surface area contributed by atoms with E-state index in [9.17, 15) is 43.2 Å². The van der Waals surface area contributed by atoms with Gasteiger partial charge < -0.3 is 33.8 Å². The third-order valence-electron chi connectivity index (χ3n) is 17.0. The number of phosphoric ester groups is 2. The van der Waals surface area contributed by atoms with Gasteiger partial charge in [0.1, 0.15) is 19.3 Å². The molecule has 0 amide bonds. The predicted octanol–water partition coefficient (Wildman–Crippen LogP) is 20.1. The van der Waals surface area contributed by atoms with Crippen molar-refractivity contribution >= 4 is 39.5 Å². The summed E-state index contributed by atoms with van der Waals surface area (Å²) in [6, 6.07) is 0. The molecule has 4 unspecified atom stereocenters. The highest BCUT2D eigenvalue weighted by Gasteiger charge is 2.30. The predicted molar refractivity (Wildman–Crippen MR) is 363 cm³/mol. The van der Waals surface area contributed by atoms with Crippen LogP contribution in [0.1, 0.15) is 351 Å². The molecule has 0 heterocycles. The van der Waals surface area contributed by atoms with Gasteiger partial charge in [0, 0.05) is 25.7 Å². The monoisotopic (exact) mass is 1320 g/mol. The van der Waals surface area contributed by atoms with Crippen molar-refractivity contribution in [3.05, 3.63) is 0 Å². The van der Waals surface area contributed by atoms with Crippen LogP contribution in [0.25, 0.3) is 0 Å². The molecule has 0 aliphatic carbocycles. The molecule has 0 aromatic heterocycles. The average Bonchev–Trinajstić information content (AvgIpc) is 3.27. The lowest BCUT2D eigenvalue weighted by molar-refractivity contribution is -0.161. The van der Waals surface area contributed by atoms with Crippen LogP contribution in [0.15, 0.2) is 0 Å². The lowest BCUT2D eigenvalue weighted by Gasteiger charge is -2.21. The third-order valence-corrected chi connectivity index (χ3v) is 18.9. The molecule has 19 heteroatoms. The second-order valence-electron chi connectivity index (χ2n) is 27.1. The second kappa shape index (κ2) is 60.7. The number of carbonyl (C=O) groups is 4. The summed E-state index contributed by atoms with van der Waals surface area (Å²) in [5.74, 6) is 0.908. The van der Waals surface area contributed by atoms with E-state index < -0.39 is 97.5 Å². The highest BCUT2D eigenvalue weighted by atomic mass is 31.2. The van der Waals surface area contributed by atoms with E-state index in [4.69, 9.17) is 37.0 Å². The smallest absolute Gasteiger partial charge is 0.462 e. The normalized spacial score (nSPS) is 14.9. The van der Waals surface area contributed by atoms with Gasteiger partial charge in [0.25, 0.3) is 0 Å². The van der Waals surface area contributed by atoms with Crippen molar-refractivity contribution in [3.8, 4) is 0 Å². The lowest BCUT2D eigenvalue weighted by atomic mass is 9.99. The minimum absolute atomic E-state index is 0.105. The molecular weight excluding hydrogens is 1190 g/mol. The van der Waals surface area contributed by atoms with Crippen molar-refractivity contribution in [1.29, 1.82) is 0 Å². The Balaban J connectivity index is 5.26. The number of aliphatic hydroxyl groups is 1. The van der Waals surface area contributed by atoms with Crippen LogP contribution in [-0.4, -0.2) is 96.7 Å². The fraction of sp³-hybridized carbons (Fsp3) is 0.944. The minimum Gasteiger partial charge on any atom is -0.462 e. The number of phosphoric acid groups is 2. The summed E-state index contributed by atoms with van der Waals surface area (Å²) in [6.07, 6.45) is 43.0. The Kier molecular flexibility index (Phi) is 59.4. The maximum Gasteiger partial charge on any atom is 0.472 e. The van der Waals surface area contributed by atoms with E-state index in [1.54, 1.807) is 0 Å². The zero-order chi connectivity index (χ0) is 66.8. The topological polar surface area (TPSA) is 237 Å². The summed E-state index contributed by atoms with van der Waals surface area (Å²) in [5, 5.41) is 10.6. The first-order chi connectivity index (χ1) is 43.2. The van der Waals surface area contributed by atoms with E-state index in [0.717, 1.165) is 120 Å². The number of carbonyl (C=O) groups excluding carboxylic acids is 4. The Hall–Kier alpha value is -1.94. The fourth-order valence-corrected chi connectivity index (χ4v) is 12.2. The van der Waals surface area contributed by atoms with Crippen molar-refractivity contribution in [2.75, 3.05) is 39.6 Å². The van der Waals surface area contributed by atoms with Gasteiger partial charge in [-0.1, -0.05) is 299 Å². The number of hydrogen-bond acceptors (Lipinski definition) is 15. The number of ether oxygens (including phenoxy) is 4. The first-order valence-corrected chi connectivity index (χ1v) is 39.8. The van der Waals surface area contributed by atoms with Gasteiger partial charge in [0.2, 0.25) is 0 Å². The molecule has 0 fully saturated rings. The van der Waals surface area contributed by atoms with E-state index in [0.29, 0.717) is 25.7 Å². The molecule has 0 aromatic carbocycles. The van der Waals surface area contributed by atoms with Gasteiger partial charge >= 0.3 is 39.5 Å². The molecule has 0 saturated heterocycles. The molecule has 0 radical (unpaired) electrons. The zero-order valence-corrected chi connectivity index (χ0v) is 60.6. The van der Waals surface area contributed by atoms with Crippen molar-refractivity contribution in [3.63, 3.8) is 0 Å². The summed E-state index contributed by atoms with van der Waals surface area (Å²) in [5.41, 5.74) is 0. The fourth-order valence-electron chi connectivity index (χ4n) is 10.6. The zero-order valence-electron chi connectivity index (χ0n) is 58.8. The molecule has 90 heavy (non-hydrogen) atoms. The van der Waals surface area contributed by atoms with E-state index in [1.807, 2.05) is 0 Å². The van der Waals surface area contributed by atoms with E-state index >= 15 is 0 Å². The van der Waals surface area contributed by atoms with Crippen LogP contribution in [0.4, 0.5) is 0 Å². The largest absolute Gasteiger partial charge is 0.472 e. The van der Waals surface area contributed by atoms with E-state index in [-0.39, 0.29) is 25.7 Å². The molecular formula is C71H138O17P2. The molecule has 0 aliphatic rings. The van der Waals surface area contributed by atoms with Crippen LogP contribution in [0.5, 0.6) is 0 Å². The summed E-state index contributed by atoms with van der Waals surface area (Å²) >= 11 is 0. The first-order valence-electron chi connectivity index (χ1n) is 36.8. The highest BCUT2D eigenvalue weighted by Crippen LogP contribution is 2.45. The summed E-state index contributed by atoms with van der Waals surface area (Å²) in [4.78, 5) is 72.6. The Morgan fingerprint density at radius 1 is 0.311 bits per heavy atom. The van der Waals surface area contributed by atoms with Crippen LogP contribution >= 0.6 is 15.6 Å². The summed E-state index contributed by atoms with van der Waals surface area (Å²) in [7, 11) is -9.91. The number of esters is 4. The van der Waals surface area contributed by atoms with Crippen molar-refractivity contribution in [2.45, 2.75) is 369 Å². The molecule has 0 aromatic rings. The SMILES string of the molecule is CCC(C)CCCCCCCCCCCCC(=O)O[C@H](COC(=O)CCCCCCCCC(C)CC)COP(=O)(O)OC[C@H](O)COP(=O)(O)OC[C@@H](COC(=O)CCCCCCCCCCC(C)C)OC(=O)CCCCCCCCCCCCCCC(C)C. The van der Waals surface area contributed by atoms with Gasteiger partial charge in [0.15, 0.2) is 12.2 Å². The number of hydrogen-bond donors (Lipinski definition) is 3. The Morgan fingerprint density at radius 3 is 0.789 bits per heavy atom.